The Bertz CT molecular complexity index is 1320. The van der Waals surface area contributed by atoms with Crippen molar-refractivity contribution in [1.82, 2.24) is 14.4 Å². The van der Waals surface area contributed by atoms with E-state index in [2.05, 4.69) is 28.1 Å². The van der Waals surface area contributed by atoms with Crippen molar-refractivity contribution in [3.8, 4) is 0 Å². The second kappa shape index (κ2) is 10.7. The predicted octanol–water partition coefficient (Wildman–Crippen LogP) is 4.71. The van der Waals surface area contributed by atoms with Crippen LogP contribution in [0.4, 0.5) is 0 Å². The summed E-state index contributed by atoms with van der Waals surface area (Å²) >= 11 is 10.4. The van der Waals surface area contributed by atoms with E-state index in [9.17, 15) is 9.59 Å². The van der Waals surface area contributed by atoms with Crippen LogP contribution in [0.1, 0.15) is 11.1 Å². The Morgan fingerprint density at radius 2 is 1.91 bits per heavy atom. The van der Waals surface area contributed by atoms with Gasteiger partial charge in [-0.2, -0.15) is 0 Å². The molecule has 1 aromatic heterocycles. The van der Waals surface area contributed by atoms with E-state index in [4.69, 9.17) is 17.0 Å². The Hall–Kier alpha value is -2.46. The molecule has 0 saturated carbocycles. The van der Waals surface area contributed by atoms with E-state index in [1.165, 1.54) is 17.3 Å². The minimum absolute atomic E-state index is 0.0619. The van der Waals surface area contributed by atoms with Gasteiger partial charge in [0.15, 0.2) is 0 Å². The lowest BCUT2D eigenvalue weighted by Crippen LogP contribution is -2.42. The Morgan fingerprint density at radius 3 is 2.69 bits per heavy atom. The van der Waals surface area contributed by atoms with Crippen molar-refractivity contribution in [3.05, 3.63) is 75.2 Å². The lowest BCUT2D eigenvalue weighted by molar-refractivity contribution is -0.135. The van der Waals surface area contributed by atoms with Gasteiger partial charge >= 0.3 is 0 Å². The minimum Gasteiger partial charge on any atom is -0.378 e. The highest BCUT2D eigenvalue weighted by Gasteiger charge is 2.32. The third-order valence-electron chi connectivity index (χ3n) is 6.17. The van der Waals surface area contributed by atoms with Crippen LogP contribution in [0.25, 0.3) is 17.0 Å². The number of rotatable bonds is 6. The molecule has 180 valence electrons. The van der Waals surface area contributed by atoms with Crippen LogP contribution in [-0.2, 0) is 27.3 Å². The Morgan fingerprint density at radius 1 is 1.14 bits per heavy atom. The standard InChI is InChI=1S/C26H24BrN3O3S2/c27-20-6-7-22-21(15-20)19(16-29(22)17-24(31)28-10-12-33-13-11-28)14-23-25(32)30(26(34)35-23)9-8-18-4-2-1-3-5-18/h1-7,14-16H,8-13,17H2/b23-14-. The summed E-state index contributed by atoms with van der Waals surface area (Å²) in [7, 11) is 0. The molecule has 35 heavy (non-hydrogen) atoms. The number of aromatic nitrogens is 1. The molecule has 3 heterocycles. The molecule has 2 amide bonds. The molecule has 0 spiro atoms. The summed E-state index contributed by atoms with van der Waals surface area (Å²) in [6, 6.07) is 16.1. The van der Waals surface area contributed by atoms with Crippen molar-refractivity contribution in [2.45, 2.75) is 13.0 Å². The SMILES string of the molecule is O=C(Cn1cc(/C=C2\SC(=S)N(CCc3ccccc3)C2=O)c2cc(Br)ccc21)N1CCOCC1. The number of amides is 2. The maximum atomic E-state index is 13.2. The van der Waals surface area contributed by atoms with Crippen LogP contribution < -0.4 is 0 Å². The number of fused-ring (bicyclic) bond motifs is 1. The summed E-state index contributed by atoms with van der Waals surface area (Å²) in [4.78, 5) is 30.2. The quantitative estimate of drug-likeness (QED) is 0.318. The normalized spacial score (nSPS) is 17.7. The summed E-state index contributed by atoms with van der Waals surface area (Å²) in [5, 5.41) is 0.976. The number of morpholine rings is 1. The fourth-order valence-electron chi connectivity index (χ4n) is 4.32. The van der Waals surface area contributed by atoms with E-state index >= 15 is 0 Å². The molecule has 2 aliphatic rings. The van der Waals surface area contributed by atoms with Gasteiger partial charge in [-0.05, 0) is 36.3 Å². The third kappa shape index (κ3) is 5.38. The van der Waals surface area contributed by atoms with Crippen LogP contribution >= 0.6 is 39.9 Å². The number of carbonyl (C=O) groups is 2. The van der Waals surface area contributed by atoms with Gasteiger partial charge in [0, 0.05) is 46.8 Å². The molecule has 2 fully saturated rings. The molecule has 5 rings (SSSR count). The van der Waals surface area contributed by atoms with E-state index in [0.29, 0.717) is 42.1 Å². The van der Waals surface area contributed by atoms with Crippen LogP contribution in [-0.4, -0.2) is 63.3 Å². The van der Waals surface area contributed by atoms with Crippen molar-refractivity contribution in [2.24, 2.45) is 0 Å². The topological polar surface area (TPSA) is 54.8 Å². The smallest absolute Gasteiger partial charge is 0.266 e. The van der Waals surface area contributed by atoms with Gasteiger partial charge in [0.2, 0.25) is 5.91 Å². The molecule has 6 nitrogen and oxygen atoms in total. The molecule has 2 aromatic carbocycles. The molecule has 9 heteroatoms. The van der Waals surface area contributed by atoms with Crippen LogP contribution in [0.3, 0.4) is 0 Å². The number of hydrogen-bond donors (Lipinski definition) is 0. The highest BCUT2D eigenvalue weighted by Crippen LogP contribution is 2.35. The van der Waals surface area contributed by atoms with Crippen LogP contribution in [0, 0.1) is 0 Å². The fraction of sp³-hybridized carbons (Fsp3) is 0.269. The summed E-state index contributed by atoms with van der Waals surface area (Å²) in [5.41, 5.74) is 3.00. The third-order valence-corrected chi connectivity index (χ3v) is 8.04. The number of halogens is 1. The van der Waals surface area contributed by atoms with Crippen molar-refractivity contribution >= 4 is 73.0 Å². The van der Waals surface area contributed by atoms with E-state index in [-0.39, 0.29) is 18.4 Å². The van der Waals surface area contributed by atoms with Gasteiger partial charge in [-0.1, -0.05) is 70.2 Å². The summed E-state index contributed by atoms with van der Waals surface area (Å²) in [6.07, 6.45) is 4.59. The first-order chi connectivity index (χ1) is 17.0. The van der Waals surface area contributed by atoms with Crippen LogP contribution in [0.2, 0.25) is 0 Å². The van der Waals surface area contributed by atoms with E-state index in [1.807, 2.05) is 58.1 Å². The highest BCUT2D eigenvalue weighted by atomic mass is 79.9. The van der Waals surface area contributed by atoms with Crippen LogP contribution in [0.15, 0.2) is 64.1 Å². The first kappa shape index (κ1) is 24.2. The molecular weight excluding hydrogens is 546 g/mol. The summed E-state index contributed by atoms with van der Waals surface area (Å²) in [6.45, 7) is 3.16. The van der Waals surface area contributed by atoms with Gasteiger partial charge < -0.3 is 14.2 Å². The highest BCUT2D eigenvalue weighted by molar-refractivity contribution is 9.10. The molecule has 0 N–H and O–H groups in total. The van der Waals surface area contributed by atoms with E-state index in [0.717, 1.165) is 27.4 Å². The predicted molar refractivity (Wildman–Crippen MR) is 147 cm³/mol. The molecule has 0 bridgehead atoms. The molecule has 0 atom stereocenters. The van der Waals surface area contributed by atoms with Crippen molar-refractivity contribution in [3.63, 3.8) is 0 Å². The first-order valence-corrected chi connectivity index (χ1v) is 13.4. The van der Waals surface area contributed by atoms with E-state index < -0.39 is 0 Å². The molecule has 3 aromatic rings. The number of ether oxygens (including phenoxy) is 1. The Labute approximate surface area is 222 Å². The van der Waals surface area contributed by atoms with Gasteiger partial charge in [0.25, 0.3) is 5.91 Å². The van der Waals surface area contributed by atoms with Gasteiger partial charge in [-0.3, -0.25) is 14.5 Å². The summed E-state index contributed by atoms with van der Waals surface area (Å²) < 4.78 is 8.84. The van der Waals surface area contributed by atoms with Crippen LogP contribution in [0.5, 0.6) is 0 Å². The monoisotopic (exact) mass is 569 g/mol. The molecule has 0 unspecified atom stereocenters. The average Bonchev–Trinajstić information content (AvgIpc) is 3.34. The molecule has 0 aliphatic carbocycles. The van der Waals surface area contributed by atoms with Gasteiger partial charge in [0.05, 0.1) is 18.1 Å². The average molecular weight is 571 g/mol. The number of benzene rings is 2. The first-order valence-electron chi connectivity index (χ1n) is 11.4. The number of thioether (sulfide) groups is 1. The van der Waals surface area contributed by atoms with Crippen molar-refractivity contribution in [2.75, 3.05) is 32.8 Å². The maximum absolute atomic E-state index is 13.2. The lowest BCUT2D eigenvalue weighted by atomic mass is 10.1. The van der Waals surface area contributed by atoms with Gasteiger partial charge in [-0.15, -0.1) is 0 Å². The molecule has 0 radical (unpaired) electrons. The largest absolute Gasteiger partial charge is 0.378 e. The van der Waals surface area contributed by atoms with Gasteiger partial charge in [0.1, 0.15) is 10.9 Å². The van der Waals surface area contributed by atoms with Crippen molar-refractivity contribution < 1.29 is 14.3 Å². The minimum atomic E-state index is -0.0729. The molecular formula is C26H24BrN3O3S2. The number of hydrogen-bond acceptors (Lipinski definition) is 5. The second-order valence-corrected chi connectivity index (χ2v) is 11.0. The lowest BCUT2D eigenvalue weighted by Gasteiger charge is -2.27. The maximum Gasteiger partial charge on any atom is 0.266 e. The Balaban J connectivity index is 1.39. The number of thiocarbonyl (C=S) groups is 1. The van der Waals surface area contributed by atoms with Crippen molar-refractivity contribution in [1.29, 1.82) is 0 Å². The fourth-order valence-corrected chi connectivity index (χ4v) is 5.98. The summed E-state index contributed by atoms with van der Waals surface area (Å²) in [5.74, 6) is -0.0110. The Kier molecular flexibility index (Phi) is 7.38. The van der Waals surface area contributed by atoms with Gasteiger partial charge in [-0.25, -0.2) is 0 Å². The molecule has 2 saturated heterocycles. The van der Waals surface area contributed by atoms with E-state index in [1.54, 1.807) is 4.90 Å². The zero-order valence-corrected chi connectivity index (χ0v) is 22.2. The second-order valence-electron chi connectivity index (χ2n) is 8.44. The zero-order chi connectivity index (χ0) is 24.4. The zero-order valence-electron chi connectivity index (χ0n) is 19.0. The molecule has 2 aliphatic heterocycles. The number of carbonyl (C=O) groups excluding carboxylic acids is 2. The number of nitrogens with zero attached hydrogens (tertiary/aromatic N) is 3.